The summed E-state index contributed by atoms with van der Waals surface area (Å²) in [6.07, 6.45) is 0.343. The normalized spacial score (nSPS) is 14.6. The van der Waals surface area contributed by atoms with Crippen LogP contribution < -0.4 is 16.0 Å². The number of piperazine rings is 1. The van der Waals surface area contributed by atoms with Gasteiger partial charge in [0.1, 0.15) is 5.82 Å². The molecule has 0 atom stereocenters. The Bertz CT molecular complexity index is 1120. The van der Waals surface area contributed by atoms with Crippen LogP contribution in [0.25, 0.3) is 0 Å². The third kappa shape index (κ3) is 6.30. The lowest BCUT2D eigenvalue weighted by Crippen LogP contribution is -2.42. The maximum Gasteiger partial charge on any atom is 0.416 e. The highest BCUT2D eigenvalue weighted by molar-refractivity contribution is 6.07. The van der Waals surface area contributed by atoms with Crippen LogP contribution >= 0.6 is 0 Å². The third-order valence-corrected chi connectivity index (χ3v) is 5.46. The lowest BCUT2D eigenvalue weighted by atomic mass is 10.1. The van der Waals surface area contributed by atoms with Gasteiger partial charge < -0.3 is 16.0 Å². The number of halogens is 3. The molecule has 1 aliphatic rings. The molecule has 0 aliphatic carbocycles. The molecule has 1 aromatic carbocycles. The fourth-order valence-corrected chi connectivity index (χ4v) is 3.76. The van der Waals surface area contributed by atoms with Crippen molar-refractivity contribution >= 4 is 17.4 Å². The zero-order chi connectivity index (χ0) is 24.0. The number of benzene rings is 1. The van der Waals surface area contributed by atoms with Crippen LogP contribution in [0, 0.1) is 0 Å². The highest BCUT2D eigenvalue weighted by atomic mass is 19.4. The molecule has 1 amide bonds. The standard InChI is InChI=1S/C24H25F3N6O/c25-24(26,27)19-12-18(16-33-10-8-29-9-11-33)13-20(14-19)32-23(34)21-2-1-5-30-22(21)31-15-17-3-6-28-7-4-17/h1-7,12-14,29H,8-11,15-16H2,(H,30,31)(H,32,34). The average Bonchev–Trinajstić information content (AvgIpc) is 2.83. The van der Waals surface area contributed by atoms with Crippen molar-refractivity contribution in [1.29, 1.82) is 0 Å². The molecule has 3 heterocycles. The smallest absolute Gasteiger partial charge is 0.365 e. The number of hydrogen-bond donors (Lipinski definition) is 3. The van der Waals surface area contributed by atoms with Crippen LogP contribution in [0.4, 0.5) is 24.7 Å². The summed E-state index contributed by atoms with van der Waals surface area (Å²) in [4.78, 5) is 23.3. The molecule has 4 rings (SSSR count). The van der Waals surface area contributed by atoms with Crippen molar-refractivity contribution in [2.24, 2.45) is 0 Å². The maximum absolute atomic E-state index is 13.6. The van der Waals surface area contributed by atoms with E-state index in [1.54, 1.807) is 36.8 Å². The number of nitrogens with one attached hydrogen (secondary N) is 3. The van der Waals surface area contributed by atoms with Gasteiger partial charge in [0.05, 0.1) is 11.1 Å². The molecule has 34 heavy (non-hydrogen) atoms. The van der Waals surface area contributed by atoms with E-state index in [0.717, 1.165) is 43.9 Å². The van der Waals surface area contributed by atoms with E-state index in [4.69, 9.17) is 0 Å². The summed E-state index contributed by atoms with van der Waals surface area (Å²) in [5, 5.41) is 8.96. The van der Waals surface area contributed by atoms with Crippen LogP contribution in [0.15, 0.2) is 61.1 Å². The van der Waals surface area contributed by atoms with Crippen molar-refractivity contribution in [2.75, 3.05) is 36.8 Å². The van der Waals surface area contributed by atoms with E-state index in [0.29, 0.717) is 24.5 Å². The fraction of sp³-hybridized carbons (Fsp3) is 0.292. The first kappa shape index (κ1) is 23.7. The molecular weight excluding hydrogens is 445 g/mol. The van der Waals surface area contributed by atoms with Gasteiger partial charge in [-0.2, -0.15) is 13.2 Å². The summed E-state index contributed by atoms with van der Waals surface area (Å²) in [5.74, 6) is -0.206. The summed E-state index contributed by atoms with van der Waals surface area (Å²) in [7, 11) is 0. The van der Waals surface area contributed by atoms with Crippen molar-refractivity contribution in [3.63, 3.8) is 0 Å². The maximum atomic E-state index is 13.6. The first-order valence-electron chi connectivity index (χ1n) is 10.9. The van der Waals surface area contributed by atoms with E-state index in [1.807, 2.05) is 12.1 Å². The second-order valence-corrected chi connectivity index (χ2v) is 8.01. The van der Waals surface area contributed by atoms with Crippen LogP contribution in [0.5, 0.6) is 0 Å². The van der Waals surface area contributed by atoms with E-state index in [9.17, 15) is 18.0 Å². The fourth-order valence-electron chi connectivity index (χ4n) is 3.76. The van der Waals surface area contributed by atoms with Gasteiger partial charge >= 0.3 is 6.18 Å². The number of nitrogens with zero attached hydrogens (tertiary/aromatic N) is 3. The number of amides is 1. The van der Waals surface area contributed by atoms with Gasteiger partial charge in [0, 0.05) is 63.5 Å². The molecule has 1 saturated heterocycles. The molecule has 0 spiro atoms. The predicted octanol–water partition coefficient (Wildman–Crippen LogP) is 3.77. The molecule has 0 bridgehead atoms. The number of carbonyl (C=O) groups excluding carboxylic acids is 1. The number of pyridine rings is 2. The average molecular weight is 470 g/mol. The van der Waals surface area contributed by atoms with Gasteiger partial charge in [0.25, 0.3) is 5.91 Å². The largest absolute Gasteiger partial charge is 0.416 e. The molecule has 1 aliphatic heterocycles. The number of anilines is 2. The molecule has 2 aromatic heterocycles. The zero-order valence-electron chi connectivity index (χ0n) is 18.4. The summed E-state index contributed by atoms with van der Waals surface area (Å²) in [5.41, 5.74) is 0.973. The summed E-state index contributed by atoms with van der Waals surface area (Å²) in [6.45, 7) is 3.87. The van der Waals surface area contributed by atoms with Gasteiger partial charge in [0.2, 0.25) is 0 Å². The number of alkyl halides is 3. The molecule has 3 N–H and O–H groups in total. The van der Waals surface area contributed by atoms with Crippen LogP contribution in [-0.2, 0) is 19.3 Å². The minimum atomic E-state index is -4.52. The Morgan fingerprint density at radius 1 is 1.03 bits per heavy atom. The molecule has 0 radical (unpaired) electrons. The van der Waals surface area contributed by atoms with Gasteiger partial charge in [0.15, 0.2) is 0 Å². The molecule has 7 nitrogen and oxygen atoms in total. The van der Waals surface area contributed by atoms with Crippen molar-refractivity contribution in [3.8, 4) is 0 Å². The van der Waals surface area contributed by atoms with Gasteiger partial charge in [-0.1, -0.05) is 0 Å². The minimum absolute atomic E-state index is 0.0916. The third-order valence-electron chi connectivity index (χ3n) is 5.46. The Balaban J connectivity index is 1.53. The quantitative estimate of drug-likeness (QED) is 0.488. The van der Waals surface area contributed by atoms with Crippen LogP contribution in [0.1, 0.15) is 27.0 Å². The molecule has 0 saturated carbocycles. The number of rotatable bonds is 7. The summed E-state index contributed by atoms with van der Waals surface area (Å²) >= 11 is 0. The molecule has 0 unspecified atom stereocenters. The van der Waals surface area contributed by atoms with E-state index in [1.165, 1.54) is 0 Å². The molecular formula is C24H25F3N6O. The topological polar surface area (TPSA) is 82.2 Å². The summed E-state index contributed by atoms with van der Waals surface area (Å²) < 4.78 is 40.7. The van der Waals surface area contributed by atoms with E-state index >= 15 is 0 Å². The molecule has 10 heteroatoms. The molecule has 1 fully saturated rings. The summed E-state index contributed by atoms with van der Waals surface area (Å²) in [6, 6.07) is 10.5. The Kier molecular flexibility index (Phi) is 7.39. The van der Waals surface area contributed by atoms with Crippen LogP contribution in [-0.4, -0.2) is 47.0 Å². The van der Waals surface area contributed by atoms with E-state index < -0.39 is 17.6 Å². The lowest BCUT2D eigenvalue weighted by Gasteiger charge is -2.27. The second kappa shape index (κ2) is 10.6. The lowest BCUT2D eigenvalue weighted by molar-refractivity contribution is -0.137. The van der Waals surface area contributed by atoms with Gasteiger partial charge in [-0.25, -0.2) is 4.98 Å². The van der Waals surface area contributed by atoms with E-state index in [2.05, 4.69) is 30.8 Å². The zero-order valence-corrected chi connectivity index (χ0v) is 18.4. The SMILES string of the molecule is O=C(Nc1cc(CN2CCNCC2)cc(C(F)(F)F)c1)c1cccnc1NCc1ccncc1. The van der Waals surface area contributed by atoms with Gasteiger partial charge in [-0.3, -0.25) is 14.7 Å². The number of carbonyl (C=O) groups is 1. The Hall–Kier alpha value is -3.50. The minimum Gasteiger partial charge on any atom is -0.365 e. The highest BCUT2D eigenvalue weighted by Crippen LogP contribution is 2.32. The molecule has 3 aromatic rings. The monoisotopic (exact) mass is 470 g/mol. The predicted molar refractivity (Wildman–Crippen MR) is 123 cm³/mol. The van der Waals surface area contributed by atoms with Crippen molar-refractivity contribution in [2.45, 2.75) is 19.3 Å². The van der Waals surface area contributed by atoms with Crippen LogP contribution in [0.2, 0.25) is 0 Å². The Morgan fingerprint density at radius 2 is 1.79 bits per heavy atom. The van der Waals surface area contributed by atoms with Crippen molar-refractivity contribution in [1.82, 2.24) is 20.2 Å². The van der Waals surface area contributed by atoms with Crippen LogP contribution in [0.3, 0.4) is 0 Å². The highest BCUT2D eigenvalue weighted by Gasteiger charge is 2.31. The van der Waals surface area contributed by atoms with Crippen molar-refractivity contribution < 1.29 is 18.0 Å². The van der Waals surface area contributed by atoms with E-state index in [-0.39, 0.29) is 11.3 Å². The van der Waals surface area contributed by atoms with Gasteiger partial charge in [-0.05, 0) is 53.6 Å². The first-order valence-corrected chi connectivity index (χ1v) is 10.9. The Morgan fingerprint density at radius 3 is 2.53 bits per heavy atom. The van der Waals surface area contributed by atoms with Gasteiger partial charge in [-0.15, -0.1) is 0 Å². The molecule has 178 valence electrons. The first-order chi connectivity index (χ1) is 16.4. The number of hydrogen-bond acceptors (Lipinski definition) is 6. The Labute approximate surface area is 195 Å². The van der Waals surface area contributed by atoms with Crippen molar-refractivity contribution in [3.05, 3.63) is 83.3 Å². The number of aromatic nitrogens is 2. The second-order valence-electron chi connectivity index (χ2n) is 8.01.